The van der Waals surface area contributed by atoms with Gasteiger partial charge >= 0.3 is 5.97 Å². The monoisotopic (exact) mass is 479 g/mol. The first-order valence-corrected chi connectivity index (χ1v) is 12.1. The van der Waals surface area contributed by atoms with Gasteiger partial charge in [-0.25, -0.2) is 0 Å². The molecule has 32 heavy (non-hydrogen) atoms. The largest absolute Gasteiger partial charge is 0.507 e. The highest BCUT2D eigenvalue weighted by Gasteiger charge is 2.13. The van der Waals surface area contributed by atoms with Gasteiger partial charge in [0.2, 0.25) is 0 Å². The molecule has 0 saturated heterocycles. The van der Waals surface area contributed by atoms with Crippen molar-refractivity contribution < 1.29 is 25.0 Å². The third-order valence-electron chi connectivity index (χ3n) is 4.84. The first kappa shape index (κ1) is 25.9. The number of halogens is 1. The number of unbranched alkanes of at least 4 members (excludes halogenated alkanes) is 1. The molecule has 0 spiro atoms. The summed E-state index contributed by atoms with van der Waals surface area (Å²) in [5.74, 6) is 0.938. The van der Waals surface area contributed by atoms with Crippen molar-refractivity contribution in [3.8, 4) is 11.5 Å². The van der Waals surface area contributed by atoms with Crippen molar-refractivity contribution in [1.82, 2.24) is 0 Å². The minimum atomic E-state index is -0.878. The summed E-state index contributed by atoms with van der Waals surface area (Å²) in [6.45, 7) is 2.58. The van der Waals surface area contributed by atoms with Gasteiger partial charge in [-0.2, -0.15) is 0 Å². The van der Waals surface area contributed by atoms with Crippen LogP contribution in [0.15, 0.2) is 40.4 Å². The van der Waals surface area contributed by atoms with Gasteiger partial charge in [0.1, 0.15) is 11.5 Å². The average Bonchev–Trinajstić information content (AvgIpc) is 2.75. The number of phenolic OH excluding ortho intramolecular Hbond substituents is 1. The van der Waals surface area contributed by atoms with Gasteiger partial charge < -0.3 is 20.2 Å². The number of carbonyl (C=O) groups is 1. The summed E-state index contributed by atoms with van der Waals surface area (Å²) >= 11 is 7.88. The van der Waals surface area contributed by atoms with E-state index >= 15 is 0 Å². The fraction of sp³-hybridized carbons (Fsp3) is 0.417. The Morgan fingerprint density at radius 1 is 1.22 bits per heavy atom. The Morgan fingerprint density at radius 2 is 2.03 bits per heavy atom. The third kappa shape index (κ3) is 8.28. The molecule has 0 bridgehead atoms. The SMILES string of the molecule is CCCc1c(OCCCSc2ccc(CC(=O)O)cc2Cl)ccc(CCCC=NO)c1O. The Morgan fingerprint density at radius 3 is 2.72 bits per heavy atom. The minimum absolute atomic E-state index is 0.0405. The summed E-state index contributed by atoms with van der Waals surface area (Å²) in [7, 11) is 0. The van der Waals surface area contributed by atoms with Gasteiger partial charge in [-0.05, 0) is 61.4 Å². The van der Waals surface area contributed by atoms with Crippen LogP contribution >= 0.6 is 23.4 Å². The van der Waals surface area contributed by atoms with E-state index in [-0.39, 0.29) is 6.42 Å². The molecule has 0 fully saturated rings. The van der Waals surface area contributed by atoms with Gasteiger partial charge in [0.25, 0.3) is 0 Å². The maximum Gasteiger partial charge on any atom is 0.307 e. The lowest BCUT2D eigenvalue weighted by molar-refractivity contribution is -0.136. The maximum absolute atomic E-state index is 10.8. The first-order valence-electron chi connectivity index (χ1n) is 10.7. The van der Waals surface area contributed by atoms with Crippen molar-refractivity contribution in [3.05, 3.63) is 52.0 Å². The zero-order chi connectivity index (χ0) is 23.3. The lowest BCUT2D eigenvalue weighted by Crippen LogP contribution is -2.03. The Labute approximate surface area is 198 Å². The van der Waals surface area contributed by atoms with Gasteiger partial charge in [0, 0.05) is 22.4 Å². The van der Waals surface area contributed by atoms with E-state index in [0.29, 0.717) is 41.5 Å². The highest BCUT2D eigenvalue weighted by Crippen LogP contribution is 2.34. The third-order valence-corrected chi connectivity index (χ3v) is 6.42. The number of oxime groups is 1. The second-order valence-corrected chi connectivity index (χ2v) is 8.92. The van der Waals surface area contributed by atoms with E-state index in [4.69, 9.17) is 26.7 Å². The summed E-state index contributed by atoms with van der Waals surface area (Å²) in [5, 5.41) is 31.6. The number of carboxylic acids is 1. The van der Waals surface area contributed by atoms with Gasteiger partial charge in [-0.1, -0.05) is 37.1 Å². The van der Waals surface area contributed by atoms with Gasteiger partial charge in [0.05, 0.1) is 18.1 Å². The quantitative estimate of drug-likeness (QED) is 0.101. The van der Waals surface area contributed by atoms with E-state index in [2.05, 4.69) is 12.1 Å². The van der Waals surface area contributed by atoms with Crippen LogP contribution in [0.4, 0.5) is 0 Å². The van der Waals surface area contributed by atoms with Crippen molar-refractivity contribution in [3.63, 3.8) is 0 Å². The molecule has 0 radical (unpaired) electrons. The minimum Gasteiger partial charge on any atom is -0.507 e. The van der Waals surface area contributed by atoms with E-state index in [9.17, 15) is 9.90 Å². The summed E-state index contributed by atoms with van der Waals surface area (Å²) < 4.78 is 5.97. The van der Waals surface area contributed by atoms with Crippen molar-refractivity contribution in [2.24, 2.45) is 5.16 Å². The summed E-state index contributed by atoms with van der Waals surface area (Å²) in [5.41, 5.74) is 2.40. The standard InChI is InChI=1S/C24H30ClNO5S/c1-2-6-19-21(10-9-18(24(19)29)7-3-4-12-26-30)31-13-5-14-32-22-11-8-17(15-20(22)25)16-23(27)28/h8-12,15,29-30H,2-7,13-14,16H2,1H3,(H,27,28). The molecular weight excluding hydrogens is 450 g/mol. The lowest BCUT2D eigenvalue weighted by atomic mass is 10.00. The number of phenols is 1. The number of carboxylic acid groups (broad SMARTS) is 1. The van der Waals surface area contributed by atoms with Crippen LogP contribution in [0.1, 0.15) is 49.3 Å². The van der Waals surface area contributed by atoms with Gasteiger partial charge in [-0.15, -0.1) is 16.9 Å². The number of aryl methyl sites for hydroxylation is 1. The van der Waals surface area contributed by atoms with Gasteiger partial charge in [-0.3, -0.25) is 4.79 Å². The molecule has 174 valence electrons. The topological polar surface area (TPSA) is 99.4 Å². The lowest BCUT2D eigenvalue weighted by Gasteiger charge is -2.15. The molecule has 2 rings (SSSR count). The molecule has 0 amide bonds. The molecule has 0 aliphatic rings. The molecular formula is C24H30ClNO5S. The molecule has 8 heteroatoms. The Balaban J connectivity index is 1.87. The number of thioether (sulfide) groups is 1. The second-order valence-electron chi connectivity index (χ2n) is 7.38. The van der Waals surface area contributed by atoms with E-state index < -0.39 is 5.97 Å². The fourth-order valence-electron chi connectivity index (χ4n) is 3.31. The highest BCUT2D eigenvalue weighted by atomic mass is 35.5. The van der Waals surface area contributed by atoms with Crippen LogP contribution in [-0.2, 0) is 24.1 Å². The van der Waals surface area contributed by atoms with Crippen LogP contribution in [0, 0.1) is 0 Å². The Hall–Kier alpha value is -2.38. The predicted molar refractivity (Wildman–Crippen MR) is 129 cm³/mol. The zero-order valence-electron chi connectivity index (χ0n) is 18.2. The molecule has 2 aromatic rings. The Kier molecular flexibility index (Phi) is 11.2. The molecule has 0 aromatic heterocycles. The molecule has 0 aliphatic carbocycles. The predicted octanol–water partition coefficient (Wildman–Crippen LogP) is 5.97. The fourth-order valence-corrected chi connectivity index (χ4v) is 4.52. The number of benzene rings is 2. The van der Waals surface area contributed by atoms with Crippen molar-refractivity contribution in [2.45, 2.75) is 56.8 Å². The zero-order valence-corrected chi connectivity index (χ0v) is 19.8. The number of aliphatic carboxylic acids is 1. The number of ether oxygens (including phenoxy) is 1. The van der Waals surface area contributed by atoms with Crippen LogP contribution in [0.25, 0.3) is 0 Å². The number of rotatable bonds is 14. The van der Waals surface area contributed by atoms with Crippen molar-refractivity contribution in [2.75, 3.05) is 12.4 Å². The molecule has 0 heterocycles. The van der Waals surface area contributed by atoms with E-state index in [1.165, 1.54) is 6.21 Å². The van der Waals surface area contributed by atoms with Crippen LogP contribution in [0.5, 0.6) is 11.5 Å². The first-order chi connectivity index (χ1) is 15.5. The summed E-state index contributed by atoms with van der Waals surface area (Å²) in [4.78, 5) is 11.7. The number of aromatic hydroxyl groups is 1. The molecule has 6 nitrogen and oxygen atoms in total. The van der Waals surface area contributed by atoms with Gasteiger partial charge in [0.15, 0.2) is 0 Å². The van der Waals surface area contributed by atoms with Crippen LogP contribution in [-0.4, -0.2) is 40.0 Å². The molecule has 0 unspecified atom stereocenters. The highest BCUT2D eigenvalue weighted by molar-refractivity contribution is 7.99. The van der Waals surface area contributed by atoms with Crippen LogP contribution in [0.3, 0.4) is 0 Å². The number of nitrogens with zero attached hydrogens (tertiary/aromatic N) is 1. The number of hydrogen-bond acceptors (Lipinski definition) is 6. The average molecular weight is 480 g/mol. The van der Waals surface area contributed by atoms with Crippen LogP contribution in [0.2, 0.25) is 5.02 Å². The smallest absolute Gasteiger partial charge is 0.307 e. The van der Waals surface area contributed by atoms with E-state index in [1.807, 2.05) is 18.2 Å². The van der Waals surface area contributed by atoms with Crippen LogP contribution < -0.4 is 4.74 Å². The summed E-state index contributed by atoms with van der Waals surface area (Å²) in [6.07, 6.45) is 6.00. The maximum atomic E-state index is 10.8. The van der Waals surface area contributed by atoms with E-state index in [1.54, 1.807) is 23.9 Å². The molecule has 0 atom stereocenters. The van der Waals surface area contributed by atoms with Crippen molar-refractivity contribution in [1.29, 1.82) is 0 Å². The van der Waals surface area contributed by atoms with E-state index in [0.717, 1.165) is 47.5 Å². The molecule has 3 N–H and O–H groups in total. The molecule has 0 saturated carbocycles. The Bertz CT molecular complexity index is 920. The summed E-state index contributed by atoms with van der Waals surface area (Å²) in [6, 6.07) is 9.16. The normalized spacial score (nSPS) is 11.2. The molecule has 2 aromatic carbocycles. The number of hydrogen-bond donors (Lipinski definition) is 3. The molecule has 0 aliphatic heterocycles. The second kappa shape index (κ2) is 13.9. The van der Waals surface area contributed by atoms with Crippen molar-refractivity contribution >= 4 is 35.5 Å².